The molecule has 2 aromatic rings. The van der Waals surface area contributed by atoms with E-state index in [1.807, 2.05) is 36.4 Å². The second kappa shape index (κ2) is 11.0. The summed E-state index contributed by atoms with van der Waals surface area (Å²) in [5.41, 5.74) is 1.84. The van der Waals surface area contributed by atoms with E-state index in [0.29, 0.717) is 11.5 Å². The highest BCUT2D eigenvalue weighted by atomic mass is 79.9. The minimum absolute atomic E-state index is 0.0407. The smallest absolute Gasteiger partial charge is 0.147 e. The Morgan fingerprint density at radius 1 is 0.931 bits per heavy atom. The standard InChI is InChI=1S/C21H25Br2ClO5/c1-21(2,13-3-5-17(6-4-13)28-12-16(27)10-25)14-7-18(22)20(19(23)8-14)29-11-15(26)9-24/h3-8,15-16,25-27H,9-12H2,1-2H3/t15-,16-/m0/s1. The molecule has 0 fully saturated rings. The van der Waals surface area contributed by atoms with Gasteiger partial charge in [0.2, 0.25) is 0 Å². The molecule has 2 aromatic carbocycles. The summed E-state index contributed by atoms with van der Waals surface area (Å²) in [5, 5.41) is 27.9. The van der Waals surface area contributed by atoms with Crippen LogP contribution in [0.4, 0.5) is 0 Å². The van der Waals surface area contributed by atoms with Gasteiger partial charge in [0, 0.05) is 5.41 Å². The fourth-order valence-corrected chi connectivity index (χ4v) is 4.17. The van der Waals surface area contributed by atoms with Crippen molar-refractivity contribution in [3.05, 3.63) is 56.5 Å². The summed E-state index contributed by atoms with van der Waals surface area (Å²) < 4.78 is 12.7. The molecule has 0 aromatic heterocycles. The third-order valence-corrected chi connectivity index (χ3v) is 6.08. The van der Waals surface area contributed by atoms with Gasteiger partial charge >= 0.3 is 0 Å². The number of aliphatic hydroxyl groups excluding tert-OH is 3. The Hall–Kier alpha value is -0.830. The summed E-state index contributed by atoms with van der Waals surface area (Å²) >= 11 is 12.7. The molecule has 2 atom stereocenters. The van der Waals surface area contributed by atoms with Gasteiger partial charge in [0.15, 0.2) is 0 Å². The van der Waals surface area contributed by atoms with E-state index in [0.717, 1.165) is 20.1 Å². The molecule has 0 spiro atoms. The molecule has 0 radical (unpaired) electrons. The SMILES string of the molecule is CC(C)(c1ccc(OC[C@@H](O)CO)cc1)c1cc(Br)c(OC[C@@H](O)CCl)c(Br)c1. The molecule has 2 rings (SSSR count). The molecule has 0 unspecified atom stereocenters. The molecule has 0 bridgehead atoms. The molecule has 0 heterocycles. The number of benzene rings is 2. The van der Waals surface area contributed by atoms with E-state index in [9.17, 15) is 10.2 Å². The van der Waals surface area contributed by atoms with Crippen molar-refractivity contribution in [2.24, 2.45) is 0 Å². The Bertz CT molecular complexity index is 775. The highest BCUT2D eigenvalue weighted by molar-refractivity contribution is 9.11. The van der Waals surface area contributed by atoms with Crippen LogP contribution in [0, 0.1) is 0 Å². The summed E-state index contributed by atoms with van der Waals surface area (Å²) in [6.45, 7) is 4.04. The Labute approximate surface area is 192 Å². The maximum atomic E-state index is 9.61. The van der Waals surface area contributed by atoms with Crippen LogP contribution in [-0.2, 0) is 5.41 Å². The second-order valence-corrected chi connectivity index (χ2v) is 9.20. The van der Waals surface area contributed by atoms with Gasteiger partial charge in [-0.2, -0.15) is 0 Å². The van der Waals surface area contributed by atoms with Crippen LogP contribution < -0.4 is 9.47 Å². The summed E-state index contributed by atoms with van der Waals surface area (Å²) in [6, 6.07) is 11.6. The third-order valence-electron chi connectivity index (χ3n) is 4.55. The predicted octanol–water partition coefficient (Wildman–Crippen LogP) is 4.25. The van der Waals surface area contributed by atoms with Gasteiger partial charge < -0.3 is 24.8 Å². The number of alkyl halides is 1. The molecular formula is C21H25Br2ClO5. The van der Waals surface area contributed by atoms with Crippen molar-refractivity contribution in [1.29, 1.82) is 0 Å². The molecule has 0 aliphatic carbocycles. The van der Waals surface area contributed by atoms with Crippen molar-refractivity contribution in [3.63, 3.8) is 0 Å². The van der Waals surface area contributed by atoms with Crippen molar-refractivity contribution in [2.75, 3.05) is 25.7 Å². The normalized spacial score (nSPS) is 13.8. The first-order valence-corrected chi connectivity index (χ1v) is 11.2. The predicted molar refractivity (Wildman–Crippen MR) is 121 cm³/mol. The molecule has 160 valence electrons. The van der Waals surface area contributed by atoms with E-state index in [1.165, 1.54) is 0 Å². The number of ether oxygens (including phenoxy) is 2. The minimum atomic E-state index is -0.896. The minimum Gasteiger partial charge on any atom is -0.491 e. The average Bonchev–Trinajstić information content (AvgIpc) is 2.71. The zero-order chi connectivity index (χ0) is 21.6. The number of hydrogen-bond acceptors (Lipinski definition) is 5. The molecule has 0 saturated carbocycles. The third kappa shape index (κ3) is 6.57. The summed E-state index contributed by atoms with van der Waals surface area (Å²) in [7, 11) is 0. The van der Waals surface area contributed by atoms with Gasteiger partial charge in [-0.05, 0) is 67.3 Å². The van der Waals surface area contributed by atoms with Crippen molar-refractivity contribution in [3.8, 4) is 11.5 Å². The lowest BCUT2D eigenvalue weighted by Gasteiger charge is -2.27. The second-order valence-electron chi connectivity index (χ2n) is 7.18. The number of aliphatic hydroxyl groups is 3. The molecule has 0 amide bonds. The zero-order valence-corrected chi connectivity index (χ0v) is 20.2. The molecule has 0 saturated heterocycles. The van der Waals surface area contributed by atoms with Gasteiger partial charge in [0.1, 0.15) is 36.9 Å². The van der Waals surface area contributed by atoms with Gasteiger partial charge in [-0.3, -0.25) is 0 Å². The summed E-state index contributed by atoms with van der Waals surface area (Å²) in [5.74, 6) is 1.35. The lowest BCUT2D eigenvalue weighted by Crippen LogP contribution is -2.22. The van der Waals surface area contributed by atoms with Crippen LogP contribution in [0.3, 0.4) is 0 Å². The lowest BCUT2D eigenvalue weighted by molar-refractivity contribution is 0.0536. The van der Waals surface area contributed by atoms with E-state index in [-0.39, 0.29) is 31.1 Å². The number of rotatable bonds is 10. The first-order chi connectivity index (χ1) is 13.7. The number of halogens is 3. The van der Waals surface area contributed by atoms with E-state index in [4.69, 9.17) is 26.2 Å². The van der Waals surface area contributed by atoms with Crippen molar-refractivity contribution in [1.82, 2.24) is 0 Å². The Kier molecular flexibility index (Phi) is 9.25. The zero-order valence-electron chi connectivity index (χ0n) is 16.2. The average molecular weight is 553 g/mol. The highest BCUT2D eigenvalue weighted by Crippen LogP contribution is 2.41. The largest absolute Gasteiger partial charge is 0.491 e. The maximum absolute atomic E-state index is 9.61. The molecule has 3 N–H and O–H groups in total. The van der Waals surface area contributed by atoms with Gasteiger partial charge in [-0.25, -0.2) is 0 Å². The monoisotopic (exact) mass is 550 g/mol. The fourth-order valence-electron chi connectivity index (χ4n) is 2.66. The van der Waals surface area contributed by atoms with E-state index in [2.05, 4.69) is 45.7 Å². The quantitative estimate of drug-likeness (QED) is 0.384. The van der Waals surface area contributed by atoms with E-state index < -0.39 is 12.2 Å². The summed E-state index contributed by atoms with van der Waals surface area (Å²) in [6.07, 6.45) is -1.63. The fraction of sp³-hybridized carbons (Fsp3) is 0.429. The molecule has 5 nitrogen and oxygen atoms in total. The molecular weight excluding hydrogens is 527 g/mol. The first-order valence-electron chi connectivity index (χ1n) is 9.07. The molecule has 29 heavy (non-hydrogen) atoms. The molecule has 8 heteroatoms. The topological polar surface area (TPSA) is 79.2 Å². The van der Waals surface area contributed by atoms with Gasteiger partial charge in [-0.15, -0.1) is 11.6 Å². The van der Waals surface area contributed by atoms with Crippen LogP contribution in [0.5, 0.6) is 11.5 Å². The number of hydrogen-bond donors (Lipinski definition) is 3. The van der Waals surface area contributed by atoms with Crippen LogP contribution in [0.25, 0.3) is 0 Å². The first kappa shape index (κ1) is 24.4. The van der Waals surface area contributed by atoms with Crippen LogP contribution in [0.1, 0.15) is 25.0 Å². The maximum Gasteiger partial charge on any atom is 0.147 e. The Balaban J connectivity index is 2.19. The summed E-state index contributed by atoms with van der Waals surface area (Å²) in [4.78, 5) is 0. The lowest BCUT2D eigenvalue weighted by atomic mass is 9.78. The van der Waals surface area contributed by atoms with Crippen LogP contribution in [0.2, 0.25) is 0 Å². The molecule has 0 aliphatic heterocycles. The van der Waals surface area contributed by atoms with E-state index >= 15 is 0 Å². The van der Waals surface area contributed by atoms with Gasteiger partial charge in [0.05, 0.1) is 21.4 Å². The van der Waals surface area contributed by atoms with Crippen LogP contribution in [-0.4, -0.2) is 53.2 Å². The van der Waals surface area contributed by atoms with Crippen molar-refractivity contribution in [2.45, 2.75) is 31.5 Å². The Morgan fingerprint density at radius 2 is 1.48 bits per heavy atom. The van der Waals surface area contributed by atoms with E-state index in [1.54, 1.807) is 0 Å². The molecule has 0 aliphatic rings. The van der Waals surface area contributed by atoms with Crippen molar-refractivity contribution < 1.29 is 24.8 Å². The van der Waals surface area contributed by atoms with Crippen molar-refractivity contribution >= 4 is 43.5 Å². The Morgan fingerprint density at radius 3 is 2.00 bits per heavy atom. The van der Waals surface area contributed by atoms with Crippen LogP contribution in [0.15, 0.2) is 45.3 Å². The van der Waals surface area contributed by atoms with Crippen LogP contribution >= 0.6 is 43.5 Å². The van der Waals surface area contributed by atoms with Gasteiger partial charge in [-0.1, -0.05) is 26.0 Å². The van der Waals surface area contributed by atoms with Gasteiger partial charge in [0.25, 0.3) is 0 Å². The highest BCUT2D eigenvalue weighted by Gasteiger charge is 2.25.